The van der Waals surface area contributed by atoms with Crippen molar-refractivity contribution in [1.29, 1.82) is 0 Å². The van der Waals surface area contributed by atoms with E-state index in [9.17, 15) is 0 Å². The number of allylic oxidation sites excluding steroid dienone is 4. The molecule has 0 heterocycles. The van der Waals surface area contributed by atoms with Gasteiger partial charge in [-0.05, 0) is 10.8 Å². The van der Waals surface area contributed by atoms with Crippen LogP contribution in [0.2, 0.25) is 0 Å². The average Bonchev–Trinajstić information content (AvgIpc) is 3.30. The van der Waals surface area contributed by atoms with Crippen molar-refractivity contribution in [2.75, 3.05) is 0 Å². The molecule has 3 aromatic rings. The molecule has 0 saturated heterocycles. The van der Waals surface area contributed by atoms with Crippen LogP contribution in [0, 0.1) is 12.0 Å². The predicted molar refractivity (Wildman–Crippen MR) is 158 cm³/mol. The maximum atomic E-state index is 3.29. The molecule has 2 aliphatic rings. The Kier molecular flexibility index (Phi) is 13.6. The molecule has 38 heavy (non-hydrogen) atoms. The number of fused-ring (bicyclic) bond motifs is 3. The van der Waals surface area contributed by atoms with E-state index in [1.54, 1.807) is 27.4 Å². The Labute approximate surface area is 260 Å². The van der Waals surface area contributed by atoms with Crippen LogP contribution in [0.15, 0.2) is 59.7 Å². The second-order valence-electron chi connectivity index (χ2n) is 12.8. The monoisotopic (exact) mass is 626 g/mol. The number of benzene rings is 2. The molecule has 0 nitrogen and oxygen atoms in total. The Morgan fingerprint density at radius 2 is 1.21 bits per heavy atom. The summed E-state index contributed by atoms with van der Waals surface area (Å²) in [6, 6.07) is 16.2. The summed E-state index contributed by atoms with van der Waals surface area (Å²) in [6.45, 7) is 20.0. The normalized spacial score (nSPS) is 17.3. The standard InChI is InChI=1S/C21H25.C8H11.C6H10.2ClH.Zr/c1-20(2,3)16-7-9-18-14(12-16)11-15-13-17(21(4,5)6)8-10-19(15)18;1-6-4-7(2)8(3)5-6;1-2-4-6-5-3-1;;;/h7-13H,1-6H3;4,6H,1-3H3;1-5H2;2*1H;/q2*-1;;;;+2/p-2. The molecule has 2 aliphatic carbocycles. The number of halogens is 2. The summed E-state index contributed by atoms with van der Waals surface area (Å²) in [5.74, 6) is 0.551. The van der Waals surface area contributed by atoms with E-state index in [1.165, 1.54) is 75.9 Å². The van der Waals surface area contributed by atoms with Gasteiger partial charge in [-0.3, -0.25) is 6.08 Å². The Bertz CT molecular complexity index is 1180. The summed E-state index contributed by atoms with van der Waals surface area (Å²) in [6.07, 6.45) is 12.8. The van der Waals surface area contributed by atoms with Crippen molar-refractivity contribution in [1.82, 2.24) is 0 Å². The molecule has 0 bridgehead atoms. The molecule has 1 saturated carbocycles. The van der Waals surface area contributed by atoms with Crippen LogP contribution < -0.4 is 24.8 Å². The van der Waals surface area contributed by atoms with E-state index in [4.69, 9.17) is 0 Å². The van der Waals surface area contributed by atoms with Crippen molar-refractivity contribution >= 4 is 24.8 Å². The van der Waals surface area contributed by atoms with Gasteiger partial charge >= 0.3 is 59.5 Å². The molecular formula is C35H46Cl2Zr-2. The first-order valence-electron chi connectivity index (χ1n) is 13.7. The van der Waals surface area contributed by atoms with Crippen molar-refractivity contribution in [3.05, 3.63) is 76.9 Å². The van der Waals surface area contributed by atoms with Crippen molar-refractivity contribution in [2.45, 2.75) is 105 Å². The molecule has 3 heteroatoms. The Hall–Kier alpha value is -0.877. The number of rotatable bonds is 0. The van der Waals surface area contributed by atoms with E-state index in [2.05, 4.69) is 117 Å². The first-order valence-corrected chi connectivity index (χ1v) is 15.0. The third-order valence-corrected chi connectivity index (χ3v) is 8.66. The molecule has 0 aliphatic heterocycles. The Balaban J connectivity index is 0.000000351. The van der Waals surface area contributed by atoms with Crippen molar-refractivity contribution in [3.63, 3.8) is 0 Å². The van der Waals surface area contributed by atoms with Crippen molar-refractivity contribution < 1.29 is 49.0 Å². The molecule has 0 N–H and O–H groups in total. The summed E-state index contributed by atoms with van der Waals surface area (Å²) >= 11 is 1.69. The molecule has 1 unspecified atom stereocenters. The third kappa shape index (κ3) is 9.64. The maximum absolute atomic E-state index is 3.29. The van der Waals surface area contributed by atoms with Gasteiger partial charge in [0.2, 0.25) is 0 Å². The topological polar surface area (TPSA) is 0 Å². The van der Waals surface area contributed by atoms with E-state index in [0.717, 1.165) is 0 Å². The number of hydrogen-bond acceptors (Lipinski definition) is 0. The fourth-order valence-corrected chi connectivity index (χ4v) is 5.80. The summed E-state index contributed by atoms with van der Waals surface area (Å²) in [5.41, 5.74) is 5.92. The summed E-state index contributed by atoms with van der Waals surface area (Å²) in [5, 5.41) is 5.48. The second-order valence-corrected chi connectivity index (χ2v) is 14.6. The third-order valence-electron chi connectivity index (χ3n) is 7.43. The van der Waals surface area contributed by atoms with Gasteiger partial charge in [0, 0.05) is 0 Å². The van der Waals surface area contributed by atoms with E-state index >= 15 is 0 Å². The molecule has 1 atom stereocenters. The molecule has 1 fully saturated rings. The van der Waals surface area contributed by atoms with Gasteiger partial charge in [0.05, 0.1) is 0 Å². The quantitative estimate of drug-likeness (QED) is 0.326. The van der Waals surface area contributed by atoms with Crippen LogP contribution >= 0.6 is 0 Å². The molecule has 0 amide bonds. The molecule has 206 valence electrons. The molecule has 0 spiro atoms. The van der Waals surface area contributed by atoms with E-state index in [1.807, 2.05) is 0 Å². The van der Waals surface area contributed by atoms with E-state index < -0.39 is 0 Å². The van der Waals surface area contributed by atoms with Crippen LogP contribution in [0.5, 0.6) is 0 Å². The summed E-state index contributed by atoms with van der Waals surface area (Å²) < 4.78 is 1.80. The van der Waals surface area contributed by atoms with Gasteiger partial charge in [-0.2, -0.15) is 6.08 Å². The molecule has 3 aromatic carbocycles. The van der Waals surface area contributed by atoms with Crippen molar-refractivity contribution in [3.8, 4) is 0 Å². The van der Waals surface area contributed by atoms with Gasteiger partial charge in [-0.25, -0.2) is 11.1 Å². The van der Waals surface area contributed by atoms with Crippen LogP contribution in [0.4, 0.5) is 0 Å². The molecular weight excluding hydrogens is 583 g/mol. The summed E-state index contributed by atoms with van der Waals surface area (Å²) in [7, 11) is 0. The minimum absolute atomic E-state index is 0. The van der Waals surface area contributed by atoms with Gasteiger partial charge in [0.15, 0.2) is 0 Å². The fraction of sp³-hybridized carbons (Fsp3) is 0.486. The van der Waals surface area contributed by atoms with E-state index in [0.29, 0.717) is 5.92 Å². The zero-order chi connectivity index (χ0) is 26.7. The predicted octanol–water partition coefficient (Wildman–Crippen LogP) is 4.32. The SMILES string of the molecule is CC(C)(C)c1ccc2c(c1)[cH-]c1cc(C(C)(C)C)ccc12.CC1=[C-]C(C)C=C1C.[Cl-].[Cl-].[Zr+2]=[C]1CCCCC1. The fourth-order valence-electron chi connectivity index (χ4n) is 4.93. The zero-order valence-corrected chi connectivity index (χ0v) is 29.0. The van der Waals surface area contributed by atoms with Crippen LogP contribution in [-0.4, -0.2) is 3.21 Å². The van der Waals surface area contributed by atoms with Gasteiger partial charge < -0.3 is 24.8 Å². The Morgan fingerprint density at radius 1 is 0.763 bits per heavy atom. The molecule has 0 aromatic heterocycles. The zero-order valence-electron chi connectivity index (χ0n) is 25.0. The molecule has 5 rings (SSSR count). The number of hydrogen-bond donors (Lipinski definition) is 0. The second kappa shape index (κ2) is 14.7. The minimum atomic E-state index is 0. The first-order chi connectivity index (χ1) is 16.8. The summed E-state index contributed by atoms with van der Waals surface area (Å²) in [4.78, 5) is 0. The van der Waals surface area contributed by atoms with Crippen LogP contribution in [0.1, 0.15) is 106 Å². The van der Waals surface area contributed by atoms with Gasteiger partial charge in [0.25, 0.3) is 0 Å². The van der Waals surface area contributed by atoms with Crippen LogP contribution in [0.25, 0.3) is 21.5 Å². The van der Waals surface area contributed by atoms with Gasteiger partial charge in [-0.15, -0.1) is 46.7 Å². The Morgan fingerprint density at radius 3 is 1.47 bits per heavy atom. The van der Waals surface area contributed by atoms with Crippen molar-refractivity contribution in [2.24, 2.45) is 5.92 Å². The van der Waals surface area contributed by atoms with Crippen LogP contribution in [0.3, 0.4) is 0 Å². The van der Waals surface area contributed by atoms with E-state index in [-0.39, 0.29) is 35.6 Å². The molecule has 0 radical (unpaired) electrons. The van der Waals surface area contributed by atoms with Crippen LogP contribution in [-0.2, 0) is 35.1 Å². The first kappa shape index (κ1) is 35.2. The average molecular weight is 629 g/mol. The van der Waals surface area contributed by atoms with Gasteiger partial charge in [-0.1, -0.05) is 96.7 Å². The van der Waals surface area contributed by atoms with Gasteiger partial charge in [0.1, 0.15) is 0 Å².